The van der Waals surface area contributed by atoms with E-state index in [4.69, 9.17) is 0 Å². The molecule has 1 unspecified atom stereocenters. The van der Waals surface area contributed by atoms with Gasteiger partial charge in [-0.2, -0.15) is 0 Å². The number of hydrogen-bond acceptors (Lipinski definition) is 2. The average Bonchev–Trinajstić information content (AvgIpc) is 1.59. The Morgan fingerprint density at radius 2 is 2.00 bits per heavy atom. The molecule has 1 atom stereocenters. The minimum absolute atomic E-state index is 0.0694. The van der Waals surface area contributed by atoms with E-state index in [1.165, 1.54) is 6.26 Å². The van der Waals surface area contributed by atoms with Crippen molar-refractivity contribution in [3.05, 3.63) is 0 Å². The molecule has 0 amide bonds. The zero-order chi connectivity index (χ0) is 8.20. The van der Waals surface area contributed by atoms with Crippen molar-refractivity contribution >= 4 is 10.0 Å². The van der Waals surface area contributed by atoms with Gasteiger partial charge in [0.15, 0.2) is 0 Å². The van der Waals surface area contributed by atoms with Crippen LogP contribution in [0.2, 0.25) is 0 Å². The van der Waals surface area contributed by atoms with Crippen LogP contribution in [0.4, 0.5) is 0 Å². The van der Waals surface area contributed by atoms with E-state index < -0.39 is 10.0 Å². The molecule has 0 fully saturated rings. The fourth-order valence-electron chi connectivity index (χ4n) is 0.857. The number of rotatable bonds is 4. The van der Waals surface area contributed by atoms with Gasteiger partial charge in [-0.25, -0.2) is 13.1 Å². The summed E-state index contributed by atoms with van der Waals surface area (Å²) in [6.45, 7) is 3.89. The SMILES string of the molecule is CCCC(C)NS(C)(=O)=O. The lowest BCUT2D eigenvalue weighted by Crippen LogP contribution is -2.31. The third-order valence-electron chi connectivity index (χ3n) is 1.14. The minimum Gasteiger partial charge on any atom is -0.213 e. The predicted octanol–water partition coefficient (Wildman–Crippen LogP) is 0.724. The Labute approximate surface area is 62.9 Å². The van der Waals surface area contributed by atoms with Gasteiger partial charge < -0.3 is 0 Å². The van der Waals surface area contributed by atoms with Gasteiger partial charge in [0.25, 0.3) is 0 Å². The first-order valence-electron chi connectivity index (χ1n) is 3.43. The van der Waals surface area contributed by atoms with Gasteiger partial charge in [-0.15, -0.1) is 0 Å². The van der Waals surface area contributed by atoms with E-state index in [-0.39, 0.29) is 6.04 Å². The Morgan fingerprint density at radius 1 is 1.50 bits per heavy atom. The molecule has 3 nitrogen and oxygen atoms in total. The van der Waals surface area contributed by atoms with E-state index in [0.29, 0.717) is 0 Å². The summed E-state index contributed by atoms with van der Waals surface area (Å²) in [7, 11) is -3.00. The number of nitrogens with one attached hydrogen (secondary N) is 1. The second-order valence-corrected chi connectivity index (χ2v) is 4.36. The van der Waals surface area contributed by atoms with E-state index in [9.17, 15) is 8.42 Å². The van der Waals surface area contributed by atoms with Crippen molar-refractivity contribution in [2.45, 2.75) is 32.7 Å². The smallest absolute Gasteiger partial charge is 0.208 e. The van der Waals surface area contributed by atoms with Crippen LogP contribution in [0.3, 0.4) is 0 Å². The van der Waals surface area contributed by atoms with E-state index in [1.54, 1.807) is 0 Å². The summed E-state index contributed by atoms with van der Waals surface area (Å²) in [6, 6.07) is 0.0694. The van der Waals surface area contributed by atoms with Gasteiger partial charge in [0, 0.05) is 6.04 Å². The molecule has 4 heteroatoms. The predicted molar refractivity (Wildman–Crippen MR) is 42.3 cm³/mol. The van der Waals surface area contributed by atoms with Crippen LogP contribution in [-0.4, -0.2) is 20.7 Å². The summed E-state index contributed by atoms with van der Waals surface area (Å²) >= 11 is 0. The quantitative estimate of drug-likeness (QED) is 0.667. The minimum atomic E-state index is -3.00. The maximum absolute atomic E-state index is 10.6. The summed E-state index contributed by atoms with van der Waals surface area (Å²) in [5.74, 6) is 0. The van der Waals surface area contributed by atoms with Crippen LogP contribution >= 0.6 is 0 Å². The molecular weight excluding hydrogens is 150 g/mol. The zero-order valence-corrected chi connectivity index (χ0v) is 7.53. The molecule has 0 aromatic heterocycles. The van der Waals surface area contributed by atoms with Gasteiger partial charge in [0.1, 0.15) is 0 Å². The molecule has 0 heterocycles. The Bertz CT molecular complexity index is 174. The van der Waals surface area contributed by atoms with Crippen molar-refractivity contribution in [2.75, 3.05) is 6.26 Å². The largest absolute Gasteiger partial charge is 0.213 e. The highest BCUT2D eigenvalue weighted by Gasteiger charge is 2.05. The van der Waals surface area contributed by atoms with Gasteiger partial charge in [0.2, 0.25) is 10.0 Å². The van der Waals surface area contributed by atoms with E-state index in [2.05, 4.69) is 4.72 Å². The lowest BCUT2D eigenvalue weighted by Gasteiger charge is -2.09. The topological polar surface area (TPSA) is 46.2 Å². The van der Waals surface area contributed by atoms with Crippen LogP contribution in [0, 0.1) is 0 Å². The lowest BCUT2D eigenvalue weighted by atomic mass is 10.2. The molecule has 0 spiro atoms. The second-order valence-electron chi connectivity index (χ2n) is 2.58. The number of sulfonamides is 1. The van der Waals surface area contributed by atoms with Crippen molar-refractivity contribution in [1.82, 2.24) is 4.72 Å². The highest BCUT2D eigenvalue weighted by molar-refractivity contribution is 7.88. The van der Waals surface area contributed by atoms with Crippen LogP contribution in [-0.2, 0) is 10.0 Å². The molecule has 0 aromatic carbocycles. The van der Waals surface area contributed by atoms with Crippen molar-refractivity contribution < 1.29 is 8.42 Å². The molecule has 0 aliphatic carbocycles. The Hall–Kier alpha value is -0.0900. The molecule has 0 saturated carbocycles. The maximum atomic E-state index is 10.6. The molecule has 0 bridgehead atoms. The molecular formula is C6H15NO2S. The molecule has 0 aliphatic heterocycles. The van der Waals surface area contributed by atoms with Crippen LogP contribution in [0.25, 0.3) is 0 Å². The molecule has 10 heavy (non-hydrogen) atoms. The van der Waals surface area contributed by atoms with Gasteiger partial charge in [-0.1, -0.05) is 13.3 Å². The Morgan fingerprint density at radius 3 is 2.30 bits per heavy atom. The summed E-state index contributed by atoms with van der Waals surface area (Å²) in [4.78, 5) is 0. The summed E-state index contributed by atoms with van der Waals surface area (Å²) in [6.07, 6.45) is 3.08. The Balaban J connectivity index is 3.69. The third kappa shape index (κ3) is 6.04. The first kappa shape index (κ1) is 9.91. The van der Waals surface area contributed by atoms with Crippen LogP contribution < -0.4 is 4.72 Å². The summed E-state index contributed by atoms with van der Waals surface area (Å²) in [5, 5.41) is 0. The number of hydrogen-bond donors (Lipinski definition) is 1. The fourth-order valence-corrected chi connectivity index (χ4v) is 1.71. The van der Waals surface area contributed by atoms with Crippen LogP contribution in [0.1, 0.15) is 26.7 Å². The van der Waals surface area contributed by atoms with Crippen molar-refractivity contribution in [3.8, 4) is 0 Å². The molecule has 0 rings (SSSR count). The van der Waals surface area contributed by atoms with Crippen molar-refractivity contribution in [2.24, 2.45) is 0 Å². The zero-order valence-electron chi connectivity index (χ0n) is 6.72. The van der Waals surface area contributed by atoms with E-state index in [0.717, 1.165) is 12.8 Å². The average molecular weight is 165 g/mol. The maximum Gasteiger partial charge on any atom is 0.208 e. The van der Waals surface area contributed by atoms with Crippen LogP contribution in [0.5, 0.6) is 0 Å². The van der Waals surface area contributed by atoms with Crippen LogP contribution in [0.15, 0.2) is 0 Å². The lowest BCUT2D eigenvalue weighted by molar-refractivity contribution is 0.549. The van der Waals surface area contributed by atoms with E-state index in [1.807, 2.05) is 13.8 Å². The van der Waals surface area contributed by atoms with Gasteiger partial charge >= 0.3 is 0 Å². The van der Waals surface area contributed by atoms with Gasteiger partial charge in [-0.05, 0) is 13.3 Å². The highest BCUT2D eigenvalue weighted by Crippen LogP contribution is 1.95. The summed E-state index contributed by atoms with van der Waals surface area (Å²) in [5.41, 5.74) is 0. The highest BCUT2D eigenvalue weighted by atomic mass is 32.2. The Kier molecular flexibility index (Phi) is 3.89. The molecule has 1 N–H and O–H groups in total. The van der Waals surface area contributed by atoms with Gasteiger partial charge in [0.05, 0.1) is 6.26 Å². The first-order chi connectivity index (χ1) is 4.45. The molecule has 0 aliphatic rings. The standard InChI is InChI=1S/C6H15NO2S/c1-4-5-6(2)7-10(3,8)9/h6-7H,4-5H2,1-3H3. The second kappa shape index (κ2) is 3.93. The van der Waals surface area contributed by atoms with E-state index >= 15 is 0 Å². The van der Waals surface area contributed by atoms with Gasteiger partial charge in [-0.3, -0.25) is 0 Å². The summed E-state index contributed by atoms with van der Waals surface area (Å²) < 4.78 is 23.7. The molecule has 62 valence electrons. The fraction of sp³-hybridized carbons (Fsp3) is 1.00. The third-order valence-corrected chi connectivity index (χ3v) is 1.97. The first-order valence-corrected chi connectivity index (χ1v) is 5.32. The van der Waals surface area contributed by atoms with Crippen molar-refractivity contribution in [1.29, 1.82) is 0 Å². The molecule has 0 aromatic rings. The monoisotopic (exact) mass is 165 g/mol. The normalized spacial score (nSPS) is 15.1. The van der Waals surface area contributed by atoms with Crippen molar-refractivity contribution in [3.63, 3.8) is 0 Å². The molecule has 0 saturated heterocycles. The molecule has 0 radical (unpaired) electrons.